The number of rotatable bonds is 7. The van der Waals surface area contributed by atoms with Crippen LogP contribution in [0.2, 0.25) is 0 Å². The Labute approximate surface area is 203 Å². The minimum Gasteiger partial charge on any atom is -0.486 e. The molecule has 1 aromatic carbocycles. The van der Waals surface area contributed by atoms with Crippen LogP contribution in [-0.2, 0) is 9.53 Å². The molecule has 0 saturated carbocycles. The summed E-state index contributed by atoms with van der Waals surface area (Å²) >= 11 is 2.79. The van der Waals surface area contributed by atoms with E-state index in [9.17, 15) is 9.59 Å². The van der Waals surface area contributed by atoms with Gasteiger partial charge in [-0.2, -0.15) is 0 Å². The molecule has 0 fully saturated rings. The first-order chi connectivity index (χ1) is 16.5. The molecule has 4 aromatic rings. The van der Waals surface area contributed by atoms with E-state index < -0.39 is 5.97 Å². The van der Waals surface area contributed by atoms with Gasteiger partial charge in [0.25, 0.3) is 0 Å². The van der Waals surface area contributed by atoms with Crippen molar-refractivity contribution in [2.45, 2.75) is 18.9 Å². The van der Waals surface area contributed by atoms with Crippen molar-refractivity contribution in [2.75, 3.05) is 25.6 Å². The number of thioether (sulfide) groups is 1. The molecule has 34 heavy (non-hydrogen) atoms. The Morgan fingerprint density at radius 3 is 2.79 bits per heavy atom. The Kier molecular flexibility index (Phi) is 6.25. The average Bonchev–Trinajstić information content (AvgIpc) is 3.45. The van der Waals surface area contributed by atoms with Crippen molar-refractivity contribution in [3.05, 3.63) is 59.0 Å². The Morgan fingerprint density at radius 2 is 1.94 bits per heavy atom. The first-order valence-corrected chi connectivity index (χ1v) is 12.5. The number of hydrogen-bond donors (Lipinski definition) is 0. The fourth-order valence-corrected chi connectivity index (χ4v) is 5.47. The minimum atomic E-state index is -0.471. The lowest BCUT2D eigenvalue weighted by molar-refractivity contribution is -0.139. The van der Waals surface area contributed by atoms with E-state index in [2.05, 4.69) is 9.97 Å². The summed E-state index contributed by atoms with van der Waals surface area (Å²) < 4.78 is 18.5. The van der Waals surface area contributed by atoms with Gasteiger partial charge in [0.1, 0.15) is 29.4 Å². The number of carbonyl (C=O) groups is 2. The maximum Gasteiger partial charge on any atom is 0.316 e. The third-order valence-corrected chi connectivity index (χ3v) is 7.23. The van der Waals surface area contributed by atoms with Gasteiger partial charge in [-0.15, -0.1) is 11.3 Å². The molecule has 8 nitrogen and oxygen atoms in total. The van der Waals surface area contributed by atoms with E-state index in [1.807, 2.05) is 54.1 Å². The number of ketones is 1. The number of aryl methyl sites for hydroxylation is 1. The predicted octanol–water partition coefficient (Wildman–Crippen LogP) is 4.39. The van der Waals surface area contributed by atoms with Gasteiger partial charge < -0.3 is 18.8 Å². The first kappa shape index (κ1) is 22.4. The van der Waals surface area contributed by atoms with Crippen molar-refractivity contribution in [1.82, 2.24) is 14.5 Å². The Balaban J connectivity index is 1.24. The lowest BCUT2D eigenvalue weighted by Gasteiger charge is -2.20. The van der Waals surface area contributed by atoms with Gasteiger partial charge in [-0.05, 0) is 43.5 Å². The lowest BCUT2D eigenvalue weighted by atomic mass is 10.1. The highest BCUT2D eigenvalue weighted by molar-refractivity contribution is 8.00. The zero-order valence-corrected chi connectivity index (χ0v) is 20.2. The monoisotopic (exact) mass is 495 g/mol. The highest BCUT2D eigenvalue weighted by Gasteiger charge is 2.20. The number of hydrogen-bond acceptors (Lipinski definition) is 9. The van der Waals surface area contributed by atoms with Crippen LogP contribution in [0, 0.1) is 13.8 Å². The molecule has 0 amide bonds. The van der Waals surface area contributed by atoms with Crippen molar-refractivity contribution >= 4 is 45.1 Å². The molecule has 0 saturated heterocycles. The van der Waals surface area contributed by atoms with Crippen LogP contribution in [-0.4, -0.2) is 51.9 Å². The molecule has 0 aliphatic carbocycles. The van der Waals surface area contributed by atoms with Crippen LogP contribution in [0.1, 0.15) is 21.7 Å². The molecule has 0 bridgehead atoms. The number of esters is 1. The molecule has 0 N–H and O–H groups in total. The van der Waals surface area contributed by atoms with Crippen molar-refractivity contribution in [3.8, 4) is 17.2 Å². The molecule has 4 heterocycles. The fourth-order valence-electron chi connectivity index (χ4n) is 3.89. The van der Waals surface area contributed by atoms with Crippen molar-refractivity contribution in [3.63, 3.8) is 0 Å². The average molecular weight is 496 g/mol. The summed E-state index contributed by atoms with van der Waals surface area (Å²) in [5.41, 5.74) is 3.05. The van der Waals surface area contributed by atoms with Crippen LogP contribution in [0.3, 0.4) is 0 Å². The van der Waals surface area contributed by atoms with E-state index in [-0.39, 0.29) is 18.1 Å². The van der Waals surface area contributed by atoms with E-state index >= 15 is 0 Å². The van der Waals surface area contributed by atoms with E-state index in [0.717, 1.165) is 32.3 Å². The second-order valence-corrected chi connectivity index (χ2v) is 9.50. The second kappa shape index (κ2) is 9.47. The van der Waals surface area contributed by atoms with Gasteiger partial charge in [0.2, 0.25) is 5.78 Å². The third kappa shape index (κ3) is 4.38. The van der Waals surface area contributed by atoms with Gasteiger partial charge in [0, 0.05) is 34.1 Å². The second-order valence-electron chi connectivity index (χ2n) is 7.64. The van der Waals surface area contributed by atoms with Gasteiger partial charge in [-0.25, -0.2) is 9.97 Å². The van der Waals surface area contributed by atoms with Crippen LogP contribution in [0.5, 0.6) is 11.5 Å². The number of Topliss-reactive ketones (excluding diaryl/α,β-unsaturated/α-hetero) is 1. The van der Waals surface area contributed by atoms with Crippen LogP contribution < -0.4 is 9.47 Å². The molecule has 0 atom stereocenters. The van der Waals surface area contributed by atoms with Gasteiger partial charge in [-0.3, -0.25) is 9.59 Å². The molecular weight excluding hydrogens is 474 g/mol. The molecule has 3 aromatic heterocycles. The largest absolute Gasteiger partial charge is 0.486 e. The summed E-state index contributed by atoms with van der Waals surface area (Å²) in [6.07, 6.45) is 1.48. The van der Waals surface area contributed by atoms with E-state index in [1.54, 1.807) is 0 Å². The molecule has 5 rings (SSSR count). The highest BCUT2D eigenvalue weighted by Crippen LogP contribution is 2.33. The number of benzene rings is 1. The van der Waals surface area contributed by atoms with Crippen LogP contribution in [0.25, 0.3) is 15.9 Å². The number of carbonyl (C=O) groups excluding carboxylic acids is 2. The fraction of sp³-hybridized carbons (Fsp3) is 0.250. The number of aromatic nitrogens is 3. The number of fused-ring (bicyclic) bond motifs is 2. The molecule has 1 aliphatic rings. The zero-order valence-electron chi connectivity index (χ0n) is 18.6. The van der Waals surface area contributed by atoms with Crippen LogP contribution in [0.4, 0.5) is 0 Å². The summed E-state index contributed by atoms with van der Waals surface area (Å²) in [7, 11) is 0. The highest BCUT2D eigenvalue weighted by atomic mass is 32.2. The molecule has 1 aliphatic heterocycles. The summed E-state index contributed by atoms with van der Waals surface area (Å²) in [4.78, 5) is 34.4. The SMILES string of the molecule is Cc1cc(C(=O)COC(=O)CSc2ncnc3sccc23)c(C)n1-c1ccc2c(c1)OCCO2. The minimum absolute atomic E-state index is 0.0610. The van der Waals surface area contributed by atoms with Gasteiger partial charge in [0.05, 0.1) is 5.75 Å². The van der Waals surface area contributed by atoms with Crippen molar-refractivity contribution in [1.29, 1.82) is 0 Å². The normalized spacial score (nSPS) is 12.6. The van der Waals surface area contributed by atoms with Gasteiger partial charge >= 0.3 is 5.97 Å². The maximum atomic E-state index is 12.9. The standard InChI is InChI=1S/C24H21N3O5S2/c1-14-9-18(15(2)27(14)16-3-4-20-21(10-16)31-7-6-30-20)19(28)11-32-22(29)12-34-24-17-5-8-33-23(17)25-13-26-24/h3-5,8-10,13H,6-7,11-12H2,1-2H3. The third-order valence-electron chi connectivity index (χ3n) is 5.43. The topological polar surface area (TPSA) is 92.5 Å². The Bertz CT molecular complexity index is 1390. The van der Waals surface area contributed by atoms with Crippen molar-refractivity contribution < 1.29 is 23.8 Å². The van der Waals surface area contributed by atoms with Crippen LogP contribution in [0.15, 0.2) is 47.1 Å². The predicted molar refractivity (Wildman–Crippen MR) is 130 cm³/mol. The number of nitrogens with zero attached hydrogens (tertiary/aromatic N) is 3. The maximum absolute atomic E-state index is 12.9. The first-order valence-electron chi connectivity index (χ1n) is 10.6. The smallest absolute Gasteiger partial charge is 0.316 e. The number of thiophene rings is 1. The van der Waals surface area contributed by atoms with E-state index in [0.29, 0.717) is 30.3 Å². The van der Waals surface area contributed by atoms with Gasteiger partial charge in [-0.1, -0.05) is 11.8 Å². The Hall–Kier alpha value is -3.37. The molecule has 10 heteroatoms. The zero-order chi connectivity index (χ0) is 23.7. The van der Waals surface area contributed by atoms with E-state index in [4.69, 9.17) is 14.2 Å². The summed E-state index contributed by atoms with van der Waals surface area (Å²) in [5, 5.41) is 3.56. The molecular formula is C24H21N3O5S2. The van der Waals surface area contributed by atoms with E-state index in [1.165, 1.54) is 29.4 Å². The number of ether oxygens (including phenoxy) is 3. The van der Waals surface area contributed by atoms with Gasteiger partial charge in [0.15, 0.2) is 18.1 Å². The molecule has 174 valence electrons. The lowest BCUT2D eigenvalue weighted by Crippen LogP contribution is -2.16. The summed E-state index contributed by atoms with van der Waals surface area (Å²) in [6, 6.07) is 9.43. The van der Waals surface area contributed by atoms with Crippen LogP contribution >= 0.6 is 23.1 Å². The Morgan fingerprint density at radius 1 is 1.12 bits per heavy atom. The molecule has 0 spiro atoms. The summed E-state index contributed by atoms with van der Waals surface area (Å²) in [5.74, 6) is 0.726. The summed E-state index contributed by atoms with van der Waals surface area (Å²) in [6.45, 7) is 4.51. The molecule has 0 unspecified atom stereocenters. The van der Waals surface area contributed by atoms with Crippen molar-refractivity contribution in [2.24, 2.45) is 0 Å². The quantitative estimate of drug-likeness (QED) is 0.161. The molecule has 0 radical (unpaired) electrons.